The number of rotatable bonds is 7. The third-order valence-corrected chi connectivity index (χ3v) is 3.83. The van der Waals surface area contributed by atoms with Gasteiger partial charge in [0.1, 0.15) is 0 Å². The number of nitrogens with two attached hydrogens (primary N) is 1. The molecule has 9 heteroatoms. The van der Waals surface area contributed by atoms with E-state index in [0.717, 1.165) is 12.1 Å². The van der Waals surface area contributed by atoms with Crippen molar-refractivity contribution in [1.29, 1.82) is 0 Å². The predicted molar refractivity (Wildman–Crippen MR) is 94.9 cm³/mol. The van der Waals surface area contributed by atoms with E-state index >= 15 is 0 Å². The summed E-state index contributed by atoms with van der Waals surface area (Å²) in [6.07, 6.45) is -4.41. The largest absolute Gasteiger partial charge is 0.493 e. The van der Waals surface area contributed by atoms with Gasteiger partial charge in [-0.1, -0.05) is 12.1 Å². The monoisotopic (exact) mass is 396 g/mol. The minimum Gasteiger partial charge on any atom is -0.493 e. The van der Waals surface area contributed by atoms with Crippen LogP contribution in [-0.4, -0.2) is 37.5 Å². The number of hydrogen-bond acceptors (Lipinski definition) is 4. The van der Waals surface area contributed by atoms with Gasteiger partial charge in [0.05, 0.1) is 12.7 Å². The second kappa shape index (κ2) is 8.64. The van der Waals surface area contributed by atoms with E-state index in [-0.39, 0.29) is 36.1 Å². The Morgan fingerprint density at radius 3 is 2.25 bits per heavy atom. The van der Waals surface area contributed by atoms with Crippen molar-refractivity contribution in [3.8, 4) is 11.5 Å². The molecule has 0 aromatic heterocycles. The topological polar surface area (TPSA) is 81.9 Å². The van der Waals surface area contributed by atoms with E-state index in [2.05, 4.69) is 0 Å². The zero-order chi connectivity index (χ0) is 20.9. The summed E-state index contributed by atoms with van der Waals surface area (Å²) in [5, 5.41) is 0. The molecule has 0 bridgehead atoms. The summed E-state index contributed by atoms with van der Waals surface area (Å²) in [7, 11) is 2.91. The third-order valence-electron chi connectivity index (χ3n) is 3.83. The van der Waals surface area contributed by atoms with Crippen LogP contribution in [0.15, 0.2) is 42.5 Å². The van der Waals surface area contributed by atoms with Crippen molar-refractivity contribution in [1.82, 2.24) is 4.90 Å². The molecule has 150 valence electrons. The molecule has 2 amide bonds. The van der Waals surface area contributed by atoms with Gasteiger partial charge in [0.15, 0.2) is 18.1 Å². The lowest BCUT2D eigenvalue weighted by atomic mass is 10.1. The van der Waals surface area contributed by atoms with Gasteiger partial charge in [-0.25, -0.2) is 0 Å². The zero-order valence-electron chi connectivity index (χ0n) is 15.2. The highest BCUT2D eigenvalue weighted by Crippen LogP contribution is 2.30. The maximum absolute atomic E-state index is 12.6. The van der Waals surface area contributed by atoms with E-state index in [1.165, 1.54) is 49.4 Å². The number of alkyl halides is 3. The number of benzene rings is 2. The number of carbonyl (C=O) groups is 2. The fraction of sp³-hybridized carbons (Fsp3) is 0.263. The van der Waals surface area contributed by atoms with E-state index in [0.29, 0.717) is 5.56 Å². The van der Waals surface area contributed by atoms with Crippen molar-refractivity contribution in [2.75, 3.05) is 20.8 Å². The molecular weight excluding hydrogens is 377 g/mol. The Hall–Kier alpha value is -3.23. The van der Waals surface area contributed by atoms with Crippen LogP contribution in [0.1, 0.15) is 21.5 Å². The van der Waals surface area contributed by atoms with Gasteiger partial charge in [-0.15, -0.1) is 0 Å². The number of nitrogens with zero attached hydrogens (tertiary/aromatic N) is 1. The third kappa shape index (κ3) is 5.38. The molecule has 0 saturated carbocycles. The fourth-order valence-electron chi connectivity index (χ4n) is 2.43. The molecule has 0 heterocycles. The number of ether oxygens (including phenoxy) is 2. The molecule has 2 aromatic rings. The highest BCUT2D eigenvalue weighted by Gasteiger charge is 2.30. The second-order valence-electron chi connectivity index (χ2n) is 5.98. The maximum atomic E-state index is 12.6. The molecule has 0 aliphatic rings. The summed E-state index contributed by atoms with van der Waals surface area (Å²) in [5.74, 6) is -0.517. The molecule has 0 aliphatic carbocycles. The highest BCUT2D eigenvalue weighted by atomic mass is 19.4. The van der Waals surface area contributed by atoms with E-state index in [9.17, 15) is 22.8 Å². The van der Waals surface area contributed by atoms with E-state index < -0.39 is 17.6 Å². The number of hydrogen-bond donors (Lipinski definition) is 1. The summed E-state index contributed by atoms with van der Waals surface area (Å²) >= 11 is 0. The summed E-state index contributed by atoms with van der Waals surface area (Å²) in [6.45, 7) is -0.212. The van der Waals surface area contributed by atoms with Crippen molar-refractivity contribution in [3.05, 3.63) is 59.2 Å². The first-order valence-electron chi connectivity index (χ1n) is 8.12. The van der Waals surface area contributed by atoms with Crippen molar-refractivity contribution in [2.24, 2.45) is 5.73 Å². The molecule has 0 aliphatic heterocycles. The molecule has 2 rings (SSSR count). The normalized spacial score (nSPS) is 11.0. The van der Waals surface area contributed by atoms with Gasteiger partial charge in [-0.3, -0.25) is 9.59 Å². The van der Waals surface area contributed by atoms with Gasteiger partial charge in [0.2, 0.25) is 0 Å². The van der Waals surface area contributed by atoms with Gasteiger partial charge in [0.25, 0.3) is 11.8 Å². The minimum atomic E-state index is -4.41. The molecule has 0 saturated heterocycles. The number of halogens is 3. The Kier molecular flexibility index (Phi) is 6.50. The molecule has 0 atom stereocenters. The van der Waals surface area contributed by atoms with E-state index in [1.807, 2.05) is 0 Å². The lowest BCUT2D eigenvalue weighted by Crippen LogP contribution is -2.26. The Morgan fingerprint density at radius 2 is 1.71 bits per heavy atom. The van der Waals surface area contributed by atoms with Crippen LogP contribution in [0.4, 0.5) is 13.2 Å². The fourth-order valence-corrected chi connectivity index (χ4v) is 2.43. The first-order chi connectivity index (χ1) is 13.1. The van der Waals surface area contributed by atoms with Crippen LogP contribution in [0.3, 0.4) is 0 Å². The lowest BCUT2D eigenvalue weighted by molar-refractivity contribution is -0.137. The van der Waals surface area contributed by atoms with Crippen LogP contribution in [0, 0.1) is 0 Å². The van der Waals surface area contributed by atoms with E-state index in [1.54, 1.807) is 0 Å². The molecular formula is C19H19F3N2O4. The quantitative estimate of drug-likeness (QED) is 0.780. The standard InChI is InChI=1S/C19H19F3N2O4/c1-24(10-12-3-6-14(7-4-12)19(20,21)22)18(26)13-5-8-15(16(9-13)27-2)28-11-17(23)25/h3-9H,10-11H2,1-2H3,(H2,23,25). The Labute approximate surface area is 159 Å². The molecule has 2 aromatic carbocycles. The summed E-state index contributed by atoms with van der Waals surface area (Å²) in [5.41, 5.74) is 5.12. The number of methoxy groups -OCH3 is 1. The molecule has 2 N–H and O–H groups in total. The van der Waals surface area contributed by atoms with Crippen molar-refractivity contribution in [2.45, 2.75) is 12.7 Å². The first kappa shape index (κ1) is 21.1. The second-order valence-corrected chi connectivity index (χ2v) is 5.98. The summed E-state index contributed by atoms with van der Waals surface area (Å²) < 4.78 is 48.2. The van der Waals surface area contributed by atoms with Crippen LogP contribution in [0.5, 0.6) is 11.5 Å². The Morgan fingerprint density at radius 1 is 1.07 bits per heavy atom. The first-order valence-corrected chi connectivity index (χ1v) is 8.12. The average Bonchev–Trinajstić information content (AvgIpc) is 2.65. The van der Waals surface area contributed by atoms with Crippen LogP contribution < -0.4 is 15.2 Å². The average molecular weight is 396 g/mol. The lowest BCUT2D eigenvalue weighted by Gasteiger charge is -2.19. The van der Waals surface area contributed by atoms with Gasteiger partial charge >= 0.3 is 6.18 Å². The maximum Gasteiger partial charge on any atom is 0.416 e. The van der Waals surface area contributed by atoms with Crippen molar-refractivity contribution < 1.29 is 32.2 Å². The van der Waals surface area contributed by atoms with Crippen molar-refractivity contribution >= 4 is 11.8 Å². The van der Waals surface area contributed by atoms with Crippen LogP contribution in [-0.2, 0) is 17.5 Å². The number of carbonyl (C=O) groups excluding carboxylic acids is 2. The minimum absolute atomic E-state index is 0.124. The van der Waals surface area contributed by atoms with Gasteiger partial charge in [-0.05, 0) is 35.9 Å². The summed E-state index contributed by atoms with van der Waals surface area (Å²) in [6, 6.07) is 9.01. The molecule has 0 spiro atoms. The Balaban J connectivity index is 2.11. The molecule has 0 radical (unpaired) electrons. The van der Waals surface area contributed by atoms with Crippen LogP contribution in [0.2, 0.25) is 0 Å². The number of primary amides is 1. The molecule has 0 fully saturated rings. The molecule has 6 nitrogen and oxygen atoms in total. The van der Waals surface area contributed by atoms with E-state index in [4.69, 9.17) is 15.2 Å². The van der Waals surface area contributed by atoms with Gasteiger partial charge in [-0.2, -0.15) is 13.2 Å². The highest BCUT2D eigenvalue weighted by molar-refractivity contribution is 5.94. The van der Waals surface area contributed by atoms with Gasteiger partial charge < -0.3 is 20.1 Å². The number of amides is 2. The van der Waals surface area contributed by atoms with Crippen molar-refractivity contribution in [3.63, 3.8) is 0 Å². The molecule has 28 heavy (non-hydrogen) atoms. The smallest absolute Gasteiger partial charge is 0.416 e. The van der Waals surface area contributed by atoms with Crippen LogP contribution >= 0.6 is 0 Å². The van der Waals surface area contributed by atoms with Gasteiger partial charge in [0, 0.05) is 19.2 Å². The van der Waals surface area contributed by atoms with Crippen LogP contribution in [0.25, 0.3) is 0 Å². The summed E-state index contributed by atoms with van der Waals surface area (Å²) in [4.78, 5) is 24.8. The predicted octanol–water partition coefficient (Wildman–Crippen LogP) is 2.85. The Bertz CT molecular complexity index is 851. The molecule has 0 unspecified atom stereocenters. The zero-order valence-corrected chi connectivity index (χ0v) is 15.2. The SMILES string of the molecule is COc1cc(C(=O)N(C)Cc2ccc(C(F)(F)F)cc2)ccc1OCC(N)=O.